The van der Waals surface area contributed by atoms with Crippen molar-refractivity contribution in [1.29, 1.82) is 0 Å². The van der Waals surface area contributed by atoms with Crippen LogP contribution in [0.4, 0.5) is 8.78 Å². The fourth-order valence-electron chi connectivity index (χ4n) is 10.9. The van der Waals surface area contributed by atoms with Gasteiger partial charge in [-0.05, 0) is 127 Å². The van der Waals surface area contributed by atoms with Crippen molar-refractivity contribution in [2.75, 3.05) is 0 Å². The van der Waals surface area contributed by atoms with E-state index in [4.69, 9.17) is 19.9 Å². The van der Waals surface area contributed by atoms with Crippen LogP contribution in [0, 0.1) is 11.6 Å². The first-order valence-electron chi connectivity index (χ1n) is 23.2. The molecule has 8 heteroatoms. The van der Waals surface area contributed by atoms with Crippen LogP contribution in [0.5, 0.6) is 0 Å². The lowest BCUT2D eigenvalue weighted by Gasteiger charge is -2.10. The van der Waals surface area contributed by atoms with E-state index in [0.29, 0.717) is 67.6 Å². The third-order valence-electron chi connectivity index (χ3n) is 14.1. The molecule has 0 saturated heterocycles. The van der Waals surface area contributed by atoms with Crippen molar-refractivity contribution in [3.8, 4) is 67.5 Å². The molecule has 326 valence electrons. The summed E-state index contributed by atoms with van der Waals surface area (Å²) in [5.74, 6) is 0.234. The Hall–Kier alpha value is -9.40. The van der Waals surface area contributed by atoms with Gasteiger partial charge in [0.1, 0.15) is 22.9 Å². The zero-order valence-electron chi connectivity index (χ0n) is 37.0. The Morgan fingerprint density at radius 3 is 1.01 bits per heavy atom. The van der Waals surface area contributed by atoms with E-state index in [1.54, 1.807) is 24.3 Å². The van der Waals surface area contributed by atoms with E-state index in [9.17, 15) is 0 Å². The van der Waals surface area contributed by atoms with Crippen LogP contribution >= 0.6 is 0 Å². The van der Waals surface area contributed by atoms with Crippen LogP contribution in [0.1, 0.15) is 0 Å². The van der Waals surface area contributed by atoms with Crippen LogP contribution < -0.4 is 0 Å². The molecular weight excluding hydrogens is 867 g/mol. The van der Waals surface area contributed by atoms with E-state index in [1.807, 2.05) is 60.7 Å². The summed E-state index contributed by atoms with van der Waals surface area (Å²) >= 11 is 0. The van der Waals surface area contributed by atoms with Gasteiger partial charge >= 0.3 is 0 Å². The van der Waals surface area contributed by atoms with E-state index >= 15 is 8.78 Å². The number of hydrogen-bond acceptors (Lipinski definition) is 4. The van der Waals surface area contributed by atoms with Crippen LogP contribution in [0.3, 0.4) is 0 Å². The number of nitrogens with zero attached hydrogens (tertiary/aromatic N) is 4. The molecule has 2 aliphatic rings. The van der Waals surface area contributed by atoms with Crippen molar-refractivity contribution in [3.05, 3.63) is 206 Å². The van der Waals surface area contributed by atoms with Gasteiger partial charge in [-0.25, -0.2) is 28.7 Å². The van der Waals surface area contributed by atoms with Crippen molar-refractivity contribution in [2.24, 2.45) is 0 Å². The Balaban J connectivity index is 1.25. The molecule has 6 nitrogen and oxygen atoms in total. The number of aromatic amines is 2. The van der Waals surface area contributed by atoms with Gasteiger partial charge in [0.05, 0.1) is 22.4 Å². The number of rotatable bonds is 2. The van der Waals surface area contributed by atoms with Gasteiger partial charge in [0.25, 0.3) is 0 Å². The number of nitrogens with one attached hydrogen (secondary N) is 2. The quantitative estimate of drug-likeness (QED) is 0.181. The Bertz CT molecular complexity index is 4360. The second-order valence-electron chi connectivity index (χ2n) is 18.2. The molecule has 0 fully saturated rings. The Labute approximate surface area is 397 Å². The van der Waals surface area contributed by atoms with Gasteiger partial charge in [-0.2, -0.15) is 0 Å². The summed E-state index contributed by atoms with van der Waals surface area (Å²) in [7, 11) is 0. The van der Waals surface area contributed by atoms with Crippen molar-refractivity contribution < 1.29 is 8.78 Å². The first kappa shape index (κ1) is 38.7. The predicted octanol–water partition coefficient (Wildman–Crippen LogP) is 16.3. The molecule has 0 atom stereocenters. The predicted molar refractivity (Wildman–Crippen MR) is 281 cm³/mol. The maximum absolute atomic E-state index is 15.9. The smallest absolute Gasteiger partial charge is 0.164 e. The summed E-state index contributed by atoms with van der Waals surface area (Å²) < 4.78 is 31.8. The number of halogens is 2. The van der Waals surface area contributed by atoms with Gasteiger partial charge in [0.2, 0.25) is 0 Å². The molecule has 5 heterocycles. The molecular formula is C62H34F2N6. The Kier molecular flexibility index (Phi) is 8.04. The fourth-order valence-corrected chi connectivity index (χ4v) is 10.9. The lowest BCUT2D eigenvalue weighted by Crippen LogP contribution is -1.88. The standard InChI is InChI=1S/C62H34F2N6/c63-43-21-9-19-41(23-43)53-55-45-25-33-11-1-2-12-34(33)26-46(45)56(65-55)54(42-20-10-22-44(64)24-42)58-48-28-36-14-4-6-16-38(36)30-50(48)60(67-58)69-62-52-32-40-18-8-7-17-39(40)31-51(52)61(70-62)68-59-49-29-37-15-5-3-13-35(37)27-47(49)57(53)66-59/h1-32H,(H2,66,67,68,69,70). The molecule has 3 aromatic heterocycles. The first-order valence-corrected chi connectivity index (χ1v) is 23.2. The highest BCUT2D eigenvalue weighted by Crippen LogP contribution is 2.50. The molecule has 15 rings (SSSR count). The Morgan fingerprint density at radius 1 is 0.300 bits per heavy atom. The van der Waals surface area contributed by atoms with Crippen LogP contribution in [-0.2, 0) is 0 Å². The number of benzene rings is 10. The normalized spacial score (nSPS) is 12.1. The highest BCUT2D eigenvalue weighted by atomic mass is 19.1. The van der Waals surface area contributed by atoms with Crippen LogP contribution in [0.2, 0.25) is 0 Å². The van der Waals surface area contributed by atoms with Crippen molar-refractivity contribution in [3.63, 3.8) is 0 Å². The minimum Gasteiger partial charge on any atom is -0.339 e. The van der Waals surface area contributed by atoms with Crippen LogP contribution in [0.15, 0.2) is 194 Å². The highest BCUT2D eigenvalue weighted by molar-refractivity contribution is 6.20. The fraction of sp³-hybridized carbons (Fsp3) is 0. The molecule has 0 unspecified atom stereocenters. The molecule has 2 N–H and O–H groups in total. The van der Waals surface area contributed by atoms with Gasteiger partial charge in [-0.3, -0.25) is 0 Å². The largest absolute Gasteiger partial charge is 0.339 e. The van der Waals surface area contributed by atoms with E-state index < -0.39 is 0 Å². The van der Waals surface area contributed by atoms with Gasteiger partial charge in [-0.1, -0.05) is 121 Å². The minimum absolute atomic E-state index is 0.384. The molecule has 0 spiro atoms. The molecule has 0 aliphatic carbocycles. The van der Waals surface area contributed by atoms with E-state index in [0.717, 1.165) is 86.9 Å². The SMILES string of the molecule is Fc1cccc(-c2c3nc(c(-c4cccc(F)c4)c4[nH]c(nc5nc(nc6[nH]c2c2cc7ccccc7cc62)-c2cc6ccccc6cc2-5)c2cc5ccccc5cc42)-c2cc4ccccc4cc2-3)c1. The lowest BCUT2D eigenvalue weighted by atomic mass is 9.91. The maximum Gasteiger partial charge on any atom is 0.164 e. The molecule has 2 aliphatic heterocycles. The van der Waals surface area contributed by atoms with Crippen molar-refractivity contribution >= 4 is 87.0 Å². The van der Waals surface area contributed by atoms with Gasteiger partial charge in [-0.15, -0.1) is 0 Å². The number of aromatic nitrogens is 6. The summed E-state index contributed by atoms with van der Waals surface area (Å²) in [6, 6.07) is 63.7. The molecule has 13 aromatic rings. The minimum atomic E-state index is -0.384. The highest BCUT2D eigenvalue weighted by Gasteiger charge is 2.29. The Morgan fingerprint density at radius 2 is 0.643 bits per heavy atom. The molecule has 0 amide bonds. The topological polar surface area (TPSA) is 83.1 Å². The summed E-state index contributed by atoms with van der Waals surface area (Å²) in [6.45, 7) is 0. The average Bonchev–Trinajstić information content (AvgIpc) is 4.12. The average molecular weight is 901 g/mol. The molecule has 0 saturated carbocycles. The number of H-pyrrole nitrogens is 2. The summed E-state index contributed by atoms with van der Waals surface area (Å²) in [4.78, 5) is 29.7. The number of fused-ring (bicyclic) bond motifs is 24. The number of hydrogen-bond donors (Lipinski definition) is 2. The molecule has 0 radical (unpaired) electrons. The summed E-state index contributed by atoms with van der Waals surface area (Å²) in [5, 5.41) is 11.8. The van der Waals surface area contributed by atoms with Gasteiger partial charge in [0.15, 0.2) is 11.6 Å². The monoisotopic (exact) mass is 900 g/mol. The summed E-state index contributed by atoms with van der Waals surface area (Å²) in [6.07, 6.45) is 0. The summed E-state index contributed by atoms with van der Waals surface area (Å²) in [5.41, 5.74) is 9.85. The second-order valence-corrected chi connectivity index (χ2v) is 18.2. The first-order chi connectivity index (χ1) is 34.5. The maximum atomic E-state index is 15.9. The van der Waals surface area contributed by atoms with E-state index in [2.05, 4.69) is 107 Å². The lowest BCUT2D eigenvalue weighted by molar-refractivity contribution is 0.628. The van der Waals surface area contributed by atoms with E-state index in [-0.39, 0.29) is 11.6 Å². The van der Waals surface area contributed by atoms with Gasteiger partial charge in [0, 0.05) is 54.9 Å². The van der Waals surface area contributed by atoms with E-state index in [1.165, 1.54) is 12.1 Å². The second kappa shape index (κ2) is 14.6. The van der Waals surface area contributed by atoms with Crippen molar-refractivity contribution in [1.82, 2.24) is 29.9 Å². The van der Waals surface area contributed by atoms with Crippen LogP contribution in [0.25, 0.3) is 155 Å². The zero-order chi connectivity index (χ0) is 46.2. The van der Waals surface area contributed by atoms with Crippen molar-refractivity contribution in [2.45, 2.75) is 0 Å². The molecule has 70 heavy (non-hydrogen) atoms. The molecule has 8 bridgehead atoms. The van der Waals surface area contributed by atoms with Crippen LogP contribution in [-0.4, -0.2) is 29.9 Å². The molecule has 10 aromatic carbocycles. The van der Waals surface area contributed by atoms with Gasteiger partial charge < -0.3 is 9.97 Å². The third-order valence-corrected chi connectivity index (χ3v) is 14.1. The zero-order valence-corrected chi connectivity index (χ0v) is 37.0. The third kappa shape index (κ3) is 5.83.